The van der Waals surface area contributed by atoms with Crippen LogP contribution in [-0.2, 0) is 20.8 Å². The van der Waals surface area contributed by atoms with E-state index in [1.165, 1.54) is 0 Å². The predicted molar refractivity (Wildman–Crippen MR) is 92.0 cm³/mol. The normalized spacial score (nSPS) is 29.6. The Hall–Kier alpha value is -1.47. The molecule has 1 aromatic rings. The molecule has 0 spiro atoms. The molecule has 3 heterocycles. The summed E-state index contributed by atoms with van der Waals surface area (Å²) in [5.74, 6) is 0.0525. The summed E-state index contributed by atoms with van der Waals surface area (Å²) in [5, 5.41) is 10.8. The molecule has 136 valence electrons. The van der Waals surface area contributed by atoms with E-state index in [1.807, 2.05) is 23.1 Å². The first kappa shape index (κ1) is 17.0. The number of benzene rings is 1. The summed E-state index contributed by atoms with van der Waals surface area (Å²) in [6.07, 6.45) is 1.38. The van der Waals surface area contributed by atoms with E-state index in [-0.39, 0.29) is 24.7 Å². The molecular weight excluding hydrogens is 320 g/mol. The van der Waals surface area contributed by atoms with Gasteiger partial charge in [-0.25, -0.2) is 0 Å². The van der Waals surface area contributed by atoms with E-state index in [0.717, 1.165) is 18.7 Å². The van der Waals surface area contributed by atoms with E-state index in [4.69, 9.17) is 9.47 Å². The molecule has 4 rings (SSSR count). The topological polar surface area (TPSA) is 62.2 Å². The molecule has 3 aliphatic rings. The third-order valence-corrected chi connectivity index (χ3v) is 5.59. The Morgan fingerprint density at radius 1 is 1.16 bits per heavy atom. The Balaban J connectivity index is 1.43. The predicted octanol–water partition coefficient (Wildman–Crippen LogP) is 0.640. The van der Waals surface area contributed by atoms with E-state index in [9.17, 15) is 9.90 Å². The number of aliphatic hydroxyl groups is 1. The van der Waals surface area contributed by atoms with Crippen LogP contribution in [0.3, 0.4) is 0 Å². The number of morpholine rings is 1. The van der Waals surface area contributed by atoms with Crippen molar-refractivity contribution in [3.8, 4) is 0 Å². The lowest BCUT2D eigenvalue weighted by molar-refractivity contribution is -0.153. The van der Waals surface area contributed by atoms with Crippen LogP contribution in [0.4, 0.5) is 0 Å². The van der Waals surface area contributed by atoms with Crippen LogP contribution in [-0.4, -0.2) is 78.0 Å². The minimum atomic E-state index is -0.681. The number of amides is 1. The summed E-state index contributed by atoms with van der Waals surface area (Å²) >= 11 is 0. The summed E-state index contributed by atoms with van der Waals surface area (Å²) in [6.45, 7) is 4.16. The molecule has 3 fully saturated rings. The number of nitrogens with zero attached hydrogens (tertiary/aromatic N) is 2. The van der Waals surface area contributed by atoms with E-state index >= 15 is 0 Å². The zero-order valence-electron chi connectivity index (χ0n) is 14.5. The highest BCUT2D eigenvalue weighted by atomic mass is 16.5. The van der Waals surface area contributed by atoms with Crippen molar-refractivity contribution in [3.05, 3.63) is 35.9 Å². The third kappa shape index (κ3) is 3.72. The van der Waals surface area contributed by atoms with Crippen LogP contribution in [0.5, 0.6) is 0 Å². The van der Waals surface area contributed by atoms with Crippen molar-refractivity contribution in [1.29, 1.82) is 0 Å². The number of hydrogen-bond acceptors (Lipinski definition) is 5. The monoisotopic (exact) mass is 346 g/mol. The van der Waals surface area contributed by atoms with Gasteiger partial charge in [-0.3, -0.25) is 9.69 Å². The second-order valence-electron chi connectivity index (χ2n) is 7.45. The van der Waals surface area contributed by atoms with E-state index in [1.54, 1.807) is 0 Å². The lowest BCUT2D eigenvalue weighted by atomic mass is 9.94. The van der Waals surface area contributed by atoms with Gasteiger partial charge in [0.2, 0.25) is 5.91 Å². The molecule has 6 heteroatoms. The van der Waals surface area contributed by atoms with Crippen molar-refractivity contribution >= 4 is 5.91 Å². The van der Waals surface area contributed by atoms with Crippen LogP contribution in [0.2, 0.25) is 0 Å². The maximum absolute atomic E-state index is 12.4. The highest BCUT2D eigenvalue weighted by molar-refractivity contribution is 5.78. The highest BCUT2D eigenvalue weighted by Gasteiger charge is 2.45. The number of rotatable bonds is 4. The van der Waals surface area contributed by atoms with Crippen LogP contribution in [0.1, 0.15) is 18.4 Å². The summed E-state index contributed by atoms with van der Waals surface area (Å²) in [4.78, 5) is 16.6. The largest absolute Gasteiger partial charge is 0.388 e. The molecule has 1 amide bonds. The minimum Gasteiger partial charge on any atom is -0.388 e. The zero-order chi connectivity index (χ0) is 17.3. The van der Waals surface area contributed by atoms with Crippen molar-refractivity contribution in [1.82, 2.24) is 9.80 Å². The summed E-state index contributed by atoms with van der Waals surface area (Å²) in [5.41, 5.74) is 0.457. The first-order valence-electron chi connectivity index (χ1n) is 9.10. The quantitative estimate of drug-likeness (QED) is 0.867. The number of carbonyl (C=O) groups is 1. The molecule has 0 radical (unpaired) electrons. The van der Waals surface area contributed by atoms with Crippen molar-refractivity contribution < 1.29 is 19.4 Å². The van der Waals surface area contributed by atoms with E-state index < -0.39 is 5.60 Å². The molecule has 0 aliphatic carbocycles. The van der Waals surface area contributed by atoms with Gasteiger partial charge in [-0.2, -0.15) is 0 Å². The number of likely N-dealkylation sites (tertiary alicyclic amines) is 1. The Bertz CT molecular complexity index is 603. The Morgan fingerprint density at radius 2 is 1.92 bits per heavy atom. The molecule has 1 aromatic carbocycles. The number of ether oxygens (including phenoxy) is 2. The second-order valence-corrected chi connectivity index (χ2v) is 7.45. The smallest absolute Gasteiger partial charge is 0.249 e. The summed E-state index contributed by atoms with van der Waals surface area (Å²) in [6, 6.07) is 10.1. The van der Waals surface area contributed by atoms with Crippen LogP contribution in [0.15, 0.2) is 30.3 Å². The molecule has 3 aliphatic heterocycles. The molecule has 25 heavy (non-hydrogen) atoms. The average molecular weight is 346 g/mol. The first-order chi connectivity index (χ1) is 12.1. The van der Waals surface area contributed by atoms with Gasteiger partial charge in [-0.1, -0.05) is 30.3 Å². The maximum Gasteiger partial charge on any atom is 0.249 e. The van der Waals surface area contributed by atoms with Crippen molar-refractivity contribution in [2.45, 2.75) is 37.1 Å². The Morgan fingerprint density at radius 3 is 2.68 bits per heavy atom. The minimum absolute atomic E-state index is 0.0323. The van der Waals surface area contributed by atoms with E-state index in [2.05, 4.69) is 17.0 Å². The SMILES string of the molecule is O=C1CO[C@@H]2CN(CC3(O)CCOCC3)C[C@H]2N1Cc1ccccc1. The lowest BCUT2D eigenvalue weighted by Crippen LogP contribution is -2.53. The maximum atomic E-state index is 12.4. The summed E-state index contributed by atoms with van der Waals surface area (Å²) < 4.78 is 11.2. The molecular formula is C19H26N2O4. The molecule has 0 bridgehead atoms. The van der Waals surface area contributed by atoms with Crippen LogP contribution in [0.25, 0.3) is 0 Å². The molecule has 1 N–H and O–H groups in total. The molecule has 6 nitrogen and oxygen atoms in total. The van der Waals surface area contributed by atoms with Gasteiger partial charge in [0.1, 0.15) is 6.61 Å². The van der Waals surface area contributed by atoms with Crippen molar-refractivity contribution in [3.63, 3.8) is 0 Å². The van der Waals surface area contributed by atoms with Crippen LogP contribution >= 0.6 is 0 Å². The van der Waals surface area contributed by atoms with Crippen LogP contribution < -0.4 is 0 Å². The zero-order valence-corrected chi connectivity index (χ0v) is 14.5. The van der Waals surface area contributed by atoms with E-state index in [0.29, 0.717) is 39.1 Å². The molecule has 3 saturated heterocycles. The molecule has 0 saturated carbocycles. The molecule has 2 atom stereocenters. The fraction of sp³-hybridized carbons (Fsp3) is 0.632. The van der Waals surface area contributed by atoms with Gasteiger partial charge in [-0.05, 0) is 5.56 Å². The van der Waals surface area contributed by atoms with Gasteiger partial charge < -0.3 is 19.5 Å². The van der Waals surface area contributed by atoms with Gasteiger partial charge >= 0.3 is 0 Å². The van der Waals surface area contributed by atoms with Crippen LogP contribution in [0, 0.1) is 0 Å². The molecule has 0 aromatic heterocycles. The third-order valence-electron chi connectivity index (χ3n) is 5.59. The standard InChI is InChI=1S/C19H26N2O4/c22-18-13-25-17-12-20(14-19(23)6-8-24-9-7-19)11-16(17)21(18)10-15-4-2-1-3-5-15/h1-5,16-17,23H,6-14H2/t16-,17-/m1/s1. The highest BCUT2D eigenvalue weighted by Crippen LogP contribution is 2.29. The number of hydrogen-bond donors (Lipinski definition) is 1. The van der Waals surface area contributed by atoms with Gasteiger partial charge in [-0.15, -0.1) is 0 Å². The van der Waals surface area contributed by atoms with Gasteiger partial charge in [0, 0.05) is 52.2 Å². The van der Waals surface area contributed by atoms with Crippen molar-refractivity contribution in [2.24, 2.45) is 0 Å². The fourth-order valence-electron chi connectivity index (χ4n) is 4.18. The number of fused-ring (bicyclic) bond motifs is 1. The fourth-order valence-corrected chi connectivity index (χ4v) is 4.18. The molecule has 0 unspecified atom stereocenters. The Kier molecular flexibility index (Phi) is 4.78. The van der Waals surface area contributed by atoms with Gasteiger partial charge in [0.15, 0.2) is 0 Å². The first-order valence-corrected chi connectivity index (χ1v) is 9.10. The number of β-amino-alcohol motifs (C(OH)–C–C–N with tert-alkyl or cyclic N) is 1. The Labute approximate surface area is 148 Å². The second kappa shape index (κ2) is 7.03. The average Bonchev–Trinajstić information content (AvgIpc) is 3.01. The van der Waals surface area contributed by atoms with Gasteiger partial charge in [0.25, 0.3) is 0 Å². The van der Waals surface area contributed by atoms with Crippen molar-refractivity contribution in [2.75, 3.05) is 39.5 Å². The van der Waals surface area contributed by atoms with Gasteiger partial charge in [0.05, 0.1) is 17.7 Å². The number of carbonyl (C=O) groups excluding carboxylic acids is 1. The lowest BCUT2D eigenvalue weighted by Gasteiger charge is -2.37. The summed E-state index contributed by atoms with van der Waals surface area (Å²) in [7, 11) is 0.